The summed E-state index contributed by atoms with van der Waals surface area (Å²) in [6, 6.07) is 16.5. The van der Waals surface area contributed by atoms with Crippen LogP contribution < -0.4 is 5.32 Å². The molecule has 130 valence electrons. The Morgan fingerprint density at radius 2 is 1.92 bits per heavy atom. The standard InChI is InChI=1S/C20H23N3O2/c1-2-7-19-18(6-1)22-20(23-19)21-13-15-4-3-5-16(12-15)14-25-17-8-10-24-11-9-17/h1-7,12,17H,8-11,13-14H2,(H2,21,22,23). The van der Waals surface area contributed by atoms with E-state index < -0.39 is 0 Å². The summed E-state index contributed by atoms with van der Waals surface area (Å²) in [4.78, 5) is 7.83. The summed E-state index contributed by atoms with van der Waals surface area (Å²) in [6.45, 7) is 3.01. The maximum atomic E-state index is 6.01. The largest absolute Gasteiger partial charge is 0.381 e. The second kappa shape index (κ2) is 7.68. The zero-order valence-electron chi connectivity index (χ0n) is 14.2. The van der Waals surface area contributed by atoms with E-state index >= 15 is 0 Å². The zero-order valence-corrected chi connectivity index (χ0v) is 14.2. The van der Waals surface area contributed by atoms with Crippen LogP contribution in [0.1, 0.15) is 24.0 Å². The fourth-order valence-corrected chi connectivity index (χ4v) is 3.11. The molecule has 1 aliphatic rings. The van der Waals surface area contributed by atoms with E-state index in [-0.39, 0.29) is 0 Å². The summed E-state index contributed by atoms with van der Waals surface area (Å²) in [5.41, 5.74) is 4.44. The van der Waals surface area contributed by atoms with Crippen molar-refractivity contribution in [1.29, 1.82) is 0 Å². The van der Waals surface area contributed by atoms with E-state index in [9.17, 15) is 0 Å². The summed E-state index contributed by atoms with van der Waals surface area (Å²) in [7, 11) is 0. The van der Waals surface area contributed by atoms with Gasteiger partial charge in [-0.25, -0.2) is 4.98 Å². The number of aromatic amines is 1. The van der Waals surface area contributed by atoms with Crippen molar-refractivity contribution in [2.75, 3.05) is 18.5 Å². The smallest absolute Gasteiger partial charge is 0.201 e. The van der Waals surface area contributed by atoms with Gasteiger partial charge in [0.25, 0.3) is 0 Å². The number of hydrogen-bond donors (Lipinski definition) is 2. The van der Waals surface area contributed by atoms with E-state index in [1.54, 1.807) is 0 Å². The van der Waals surface area contributed by atoms with Crippen LogP contribution in [-0.4, -0.2) is 29.3 Å². The summed E-state index contributed by atoms with van der Waals surface area (Å²) >= 11 is 0. The van der Waals surface area contributed by atoms with Gasteiger partial charge in [-0.2, -0.15) is 0 Å². The number of aromatic nitrogens is 2. The number of ether oxygens (including phenoxy) is 2. The van der Waals surface area contributed by atoms with Crippen LogP contribution in [0.25, 0.3) is 11.0 Å². The van der Waals surface area contributed by atoms with Crippen molar-refractivity contribution in [2.45, 2.75) is 32.1 Å². The van der Waals surface area contributed by atoms with E-state index in [0.717, 1.165) is 49.6 Å². The average Bonchev–Trinajstić information content (AvgIpc) is 3.09. The molecule has 1 fully saturated rings. The van der Waals surface area contributed by atoms with E-state index in [4.69, 9.17) is 9.47 Å². The molecule has 0 radical (unpaired) electrons. The van der Waals surface area contributed by atoms with Crippen molar-refractivity contribution in [3.63, 3.8) is 0 Å². The highest BCUT2D eigenvalue weighted by Gasteiger charge is 2.14. The van der Waals surface area contributed by atoms with Gasteiger partial charge in [0.2, 0.25) is 5.95 Å². The lowest BCUT2D eigenvalue weighted by molar-refractivity contribution is -0.0390. The Morgan fingerprint density at radius 3 is 2.80 bits per heavy atom. The second-order valence-electron chi connectivity index (χ2n) is 6.40. The van der Waals surface area contributed by atoms with Crippen molar-refractivity contribution in [3.8, 4) is 0 Å². The Kier molecular flexibility index (Phi) is 4.95. The predicted molar refractivity (Wildman–Crippen MR) is 98.5 cm³/mol. The molecule has 2 N–H and O–H groups in total. The molecular formula is C20H23N3O2. The van der Waals surface area contributed by atoms with Gasteiger partial charge in [0, 0.05) is 19.8 Å². The van der Waals surface area contributed by atoms with Gasteiger partial charge in [0.15, 0.2) is 0 Å². The van der Waals surface area contributed by atoms with Gasteiger partial charge < -0.3 is 19.8 Å². The van der Waals surface area contributed by atoms with Crippen molar-refractivity contribution >= 4 is 17.0 Å². The number of imidazole rings is 1. The first-order valence-corrected chi connectivity index (χ1v) is 8.82. The molecular weight excluding hydrogens is 314 g/mol. The average molecular weight is 337 g/mol. The molecule has 0 saturated carbocycles. The minimum absolute atomic E-state index is 0.325. The highest BCUT2D eigenvalue weighted by atomic mass is 16.5. The van der Waals surface area contributed by atoms with E-state index in [2.05, 4.69) is 39.6 Å². The molecule has 2 aromatic carbocycles. The van der Waals surface area contributed by atoms with E-state index in [1.807, 2.05) is 24.3 Å². The minimum Gasteiger partial charge on any atom is -0.381 e. The Morgan fingerprint density at radius 1 is 1.08 bits per heavy atom. The van der Waals surface area contributed by atoms with Crippen LogP contribution in [0.15, 0.2) is 48.5 Å². The molecule has 5 heteroatoms. The third-order valence-electron chi connectivity index (χ3n) is 4.49. The topological polar surface area (TPSA) is 59.2 Å². The van der Waals surface area contributed by atoms with Crippen LogP contribution in [0.4, 0.5) is 5.95 Å². The second-order valence-corrected chi connectivity index (χ2v) is 6.40. The molecule has 5 nitrogen and oxygen atoms in total. The highest BCUT2D eigenvalue weighted by molar-refractivity contribution is 5.77. The molecule has 0 amide bonds. The molecule has 1 aromatic heterocycles. The van der Waals surface area contributed by atoms with Gasteiger partial charge in [-0.15, -0.1) is 0 Å². The van der Waals surface area contributed by atoms with E-state index in [1.165, 1.54) is 11.1 Å². The van der Waals surface area contributed by atoms with Crippen molar-refractivity contribution in [3.05, 3.63) is 59.7 Å². The monoisotopic (exact) mass is 337 g/mol. The molecule has 2 heterocycles. The molecule has 0 spiro atoms. The third-order valence-corrected chi connectivity index (χ3v) is 4.49. The number of H-pyrrole nitrogens is 1. The third kappa shape index (κ3) is 4.18. The Hall–Kier alpha value is -2.37. The quantitative estimate of drug-likeness (QED) is 0.717. The number of para-hydroxylation sites is 2. The maximum Gasteiger partial charge on any atom is 0.201 e. The van der Waals surface area contributed by atoms with Gasteiger partial charge in [-0.1, -0.05) is 36.4 Å². The molecule has 0 atom stereocenters. The number of nitrogens with one attached hydrogen (secondary N) is 2. The van der Waals surface area contributed by atoms with Crippen molar-refractivity contribution < 1.29 is 9.47 Å². The molecule has 1 saturated heterocycles. The van der Waals surface area contributed by atoms with Gasteiger partial charge in [0.05, 0.1) is 23.7 Å². The lowest BCUT2D eigenvalue weighted by atomic mass is 10.1. The molecule has 4 rings (SSSR count). The van der Waals surface area contributed by atoms with Crippen LogP contribution in [0, 0.1) is 0 Å². The predicted octanol–water partition coefficient (Wildman–Crippen LogP) is 3.87. The van der Waals surface area contributed by atoms with Crippen molar-refractivity contribution in [2.24, 2.45) is 0 Å². The Balaban J connectivity index is 1.34. The highest BCUT2D eigenvalue weighted by Crippen LogP contribution is 2.16. The summed E-state index contributed by atoms with van der Waals surface area (Å²) < 4.78 is 11.4. The number of rotatable bonds is 6. The van der Waals surface area contributed by atoms with Crippen molar-refractivity contribution in [1.82, 2.24) is 9.97 Å². The summed E-state index contributed by atoms with van der Waals surface area (Å²) in [5.74, 6) is 0.796. The molecule has 0 aliphatic carbocycles. The number of nitrogens with zero attached hydrogens (tertiary/aromatic N) is 1. The molecule has 0 unspecified atom stereocenters. The van der Waals surface area contributed by atoms with E-state index in [0.29, 0.717) is 12.7 Å². The van der Waals surface area contributed by atoms with Crippen LogP contribution in [0.2, 0.25) is 0 Å². The number of fused-ring (bicyclic) bond motifs is 1. The van der Waals surface area contributed by atoms with Crippen LogP contribution in [-0.2, 0) is 22.6 Å². The van der Waals surface area contributed by atoms with Crippen LogP contribution in [0.3, 0.4) is 0 Å². The number of anilines is 1. The molecule has 0 bridgehead atoms. The number of benzene rings is 2. The lowest BCUT2D eigenvalue weighted by Crippen LogP contribution is -2.23. The SMILES string of the molecule is c1cc(CNc2nc3ccccc3[nH]2)cc(COC2CCOCC2)c1. The Bertz CT molecular complexity index is 791. The van der Waals surface area contributed by atoms with Gasteiger partial charge in [0.1, 0.15) is 0 Å². The fraction of sp³-hybridized carbons (Fsp3) is 0.350. The molecule has 25 heavy (non-hydrogen) atoms. The lowest BCUT2D eigenvalue weighted by Gasteiger charge is -2.22. The first kappa shape index (κ1) is 16.1. The molecule has 3 aromatic rings. The summed E-state index contributed by atoms with van der Waals surface area (Å²) in [5, 5.41) is 3.36. The first-order valence-electron chi connectivity index (χ1n) is 8.82. The zero-order chi connectivity index (χ0) is 16.9. The van der Waals surface area contributed by atoms with Crippen LogP contribution >= 0.6 is 0 Å². The minimum atomic E-state index is 0.325. The number of hydrogen-bond acceptors (Lipinski definition) is 4. The fourth-order valence-electron chi connectivity index (χ4n) is 3.11. The summed E-state index contributed by atoms with van der Waals surface area (Å²) in [6.07, 6.45) is 2.31. The Labute approximate surface area is 147 Å². The van der Waals surface area contributed by atoms with Gasteiger partial charge >= 0.3 is 0 Å². The first-order chi connectivity index (χ1) is 12.4. The molecule has 1 aliphatic heterocycles. The normalized spacial score (nSPS) is 15.5. The van der Waals surface area contributed by atoms with Crippen LogP contribution in [0.5, 0.6) is 0 Å². The van der Waals surface area contributed by atoms with Gasteiger partial charge in [-0.05, 0) is 36.1 Å². The maximum absolute atomic E-state index is 6.01. The van der Waals surface area contributed by atoms with Gasteiger partial charge in [-0.3, -0.25) is 0 Å².